The standard InChI is InChI=1S/C76H143NO10/c1-4-7-10-13-16-19-22-24-26-28-30-32-33-34-35-36-37-38-40-42-44-46-49-52-55-58-61-64-71(81)87-74-73(83)72(82)70(65-78)86-76(74)85-66-67(68(79)62-59-56-53-50-47-21-18-15-12-9-6-3)77-75(84)69(80)63-60-57-54-51-48-45-43-41-39-31-29-27-25-23-20-17-14-11-8-5-2/h17,20,25,27,59,62,67-70,72-74,76,78-80,82-83H,4-16,18-19,21-24,26,28-58,60-61,63-66H2,1-3H3,(H,77,84)/b20-17-,27-25-,62-59+. The summed E-state index contributed by atoms with van der Waals surface area (Å²) in [5.41, 5.74) is 0. The van der Waals surface area contributed by atoms with Crippen molar-refractivity contribution in [1.29, 1.82) is 0 Å². The summed E-state index contributed by atoms with van der Waals surface area (Å²) in [5.74, 6) is -1.18. The number of ether oxygens (including phenoxy) is 3. The van der Waals surface area contributed by atoms with Crippen LogP contribution in [0.2, 0.25) is 0 Å². The summed E-state index contributed by atoms with van der Waals surface area (Å²) in [6.45, 7) is 5.82. The lowest BCUT2D eigenvalue weighted by molar-refractivity contribution is -0.305. The van der Waals surface area contributed by atoms with Crippen molar-refractivity contribution in [2.45, 2.75) is 423 Å². The Labute approximate surface area is 536 Å². The molecule has 1 heterocycles. The fraction of sp³-hybridized carbons (Fsp3) is 0.895. The molecule has 8 atom stereocenters. The number of amides is 1. The molecule has 8 unspecified atom stereocenters. The van der Waals surface area contributed by atoms with E-state index < -0.39 is 67.4 Å². The van der Waals surface area contributed by atoms with Gasteiger partial charge in [0, 0.05) is 6.42 Å². The van der Waals surface area contributed by atoms with Crippen molar-refractivity contribution < 1.29 is 49.3 Å². The SMILES string of the molecule is CCCCC/C=C\C/C=C\CCCCCCCCCCCCC(O)C(=O)NC(COC1OC(CO)C(O)C(O)C1OC(=O)CCCCCCCCCCCCCCCCCCCCCCCCCCCCC)C(O)/C=C/CCCCCCCCCCC. The molecule has 512 valence electrons. The minimum Gasteiger partial charge on any atom is -0.454 e. The van der Waals surface area contributed by atoms with Gasteiger partial charge in [0.1, 0.15) is 24.4 Å². The molecule has 0 aliphatic carbocycles. The quantitative estimate of drug-likeness (QED) is 0.0195. The fourth-order valence-electron chi connectivity index (χ4n) is 12.1. The molecule has 1 amide bonds. The average Bonchev–Trinajstić information content (AvgIpc) is 1.56. The molecule has 1 rings (SSSR count). The molecule has 11 heteroatoms. The van der Waals surface area contributed by atoms with Crippen LogP contribution in [-0.2, 0) is 23.8 Å². The third-order valence-corrected chi connectivity index (χ3v) is 18.0. The first-order valence-corrected chi connectivity index (χ1v) is 37.8. The van der Waals surface area contributed by atoms with Gasteiger partial charge in [-0.3, -0.25) is 9.59 Å². The van der Waals surface area contributed by atoms with Gasteiger partial charge in [0.05, 0.1) is 25.4 Å². The van der Waals surface area contributed by atoms with Crippen LogP contribution in [0.4, 0.5) is 0 Å². The number of aliphatic hydroxyl groups excluding tert-OH is 5. The molecule has 0 saturated carbocycles. The lowest BCUT2D eigenvalue weighted by Crippen LogP contribution is -2.61. The second-order valence-electron chi connectivity index (χ2n) is 26.4. The maximum Gasteiger partial charge on any atom is 0.306 e. The molecule has 1 aliphatic rings. The zero-order valence-corrected chi connectivity index (χ0v) is 57.2. The first kappa shape index (κ1) is 82.9. The number of hydrogen-bond acceptors (Lipinski definition) is 10. The van der Waals surface area contributed by atoms with Crippen molar-refractivity contribution in [2.75, 3.05) is 13.2 Å². The van der Waals surface area contributed by atoms with E-state index in [1.54, 1.807) is 6.08 Å². The molecule has 0 spiro atoms. The van der Waals surface area contributed by atoms with Crippen LogP contribution in [0, 0.1) is 0 Å². The van der Waals surface area contributed by atoms with Crippen LogP contribution < -0.4 is 5.32 Å². The number of allylic oxidation sites excluding steroid dienone is 5. The van der Waals surface area contributed by atoms with E-state index in [1.165, 1.54) is 257 Å². The number of hydrogen-bond donors (Lipinski definition) is 6. The second-order valence-corrected chi connectivity index (χ2v) is 26.4. The Morgan fingerprint density at radius 1 is 0.448 bits per heavy atom. The van der Waals surface area contributed by atoms with Crippen LogP contribution in [0.5, 0.6) is 0 Å². The van der Waals surface area contributed by atoms with Crippen LogP contribution >= 0.6 is 0 Å². The van der Waals surface area contributed by atoms with Crippen LogP contribution in [0.25, 0.3) is 0 Å². The Bertz CT molecular complexity index is 1560. The van der Waals surface area contributed by atoms with Gasteiger partial charge in [-0.1, -0.05) is 346 Å². The van der Waals surface area contributed by atoms with Crippen LogP contribution in [-0.4, -0.2) is 99.6 Å². The van der Waals surface area contributed by atoms with Crippen molar-refractivity contribution in [1.82, 2.24) is 5.32 Å². The third-order valence-electron chi connectivity index (χ3n) is 18.0. The summed E-state index contributed by atoms with van der Waals surface area (Å²) in [6.07, 6.45) is 69.2. The number of unbranched alkanes of at least 4 members (excludes halogenated alkanes) is 48. The van der Waals surface area contributed by atoms with E-state index >= 15 is 0 Å². The lowest BCUT2D eigenvalue weighted by Gasteiger charge is -2.41. The van der Waals surface area contributed by atoms with Gasteiger partial charge in [-0.2, -0.15) is 0 Å². The molecule has 0 radical (unpaired) electrons. The summed E-state index contributed by atoms with van der Waals surface area (Å²) in [7, 11) is 0. The zero-order valence-electron chi connectivity index (χ0n) is 57.2. The molecule has 0 bridgehead atoms. The first-order chi connectivity index (χ1) is 42.7. The summed E-state index contributed by atoms with van der Waals surface area (Å²) in [5, 5.41) is 57.3. The third kappa shape index (κ3) is 51.1. The summed E-state index contributed by atoms with van der Waals surface area (Å²) < 4.78 is 17.7. The number of esters is 1. The Morgan fingerprint density at radius 2 is 0.793 bits per heavy atom. The second kappa shape index (κ2) is 64.0. The number of rotatable bonds is 66. The smallest absolute Gasteiger partial charge is 0.306 e. The average molecular weight is 1230 g/mol. The highest BCUT2D eigenvalue weighted by Gasteiger charge is 2.47. The van der Waals surface area contributed by atoms with Crippen molar-refractivity contribution in [3.63, 3.8) is 0 Å². The number of carbonyl (C=O) groups excluding carboxylic acids is 2. The lowest BCUT2D eigenvalue weighted by atomic mass is 9.99. The molecular formula is C76H143NO10. The van der Waals surface area contributed by atoms with E-state index in [9.17, 15) is 35.1 Å². The van der Waals surface area contributed by atoms with E-state index in [-0.39, 0.29) is 13.0 Å². The van der Waals surface area contributed by atoms with Gasteiger partial charge in [0.15, 0.2) is 12.4 Å². The molecule has 87 heavy (non-hydrogen) atoms. The van der Waals surface area contributed by atoms with E-state index in [2.05, 4.69) is 50.4 Å². The van der Waals surface area contributed by atoms with Crippen LogP contribution in [0.1, 0.15) is 374 Å². The minimum atomic E-state index is -1.61. The highest BCUT2D eigenvalue weighted by Crippen LogP contribution is 2.27. The topological polar surface area (TPSA) is 175 Å². The van der Waals surface area contributed by atoms with Gasteiger partial charge in [-0.05, 0) is 57.8 Å². The summed E-state index contributed by atoms with van der Waals surface area (Å²) in [6, 6.07) is -1.02. The normalized spacial score (nSPS) is 18.4. The van der Waals surface area contributed by atoms with E-state index in [0.29, 0.717) is 19.3 Å². The fourth-order valence-corrected chi connectivity index (χ4v) is 12.1. The number of aliphatic hydroxyl groups is 5. The maximum atomic E-state index is 13.5. The molecule has 11 nitrogen and oxygen atoms in total. The van der Waals surface area contributed by atoms with Gasteiger partial charge in [-0.25, -0.2) is 0 Å². The van der Waals surface area contributed by atoms with Crippen molar-refractivity contribution in [2.24, 2.45) is 0 Å². The first-order valence-electron chi connectivity index (χ1n) is 37.8. The van der Waals surface area contributed by atoms with Gasteiger partial charge in [0.2, 0.25) is 5.91 Å². The van der Waals surface area contributed by atoms with Gasteiger partial charge in [-0.15, -0.1) is 0 Å². The highest BCUT2D eigenvalue weighted by molar-refractivity contribution is 5.80. The van der Waals surface area contributed by atoms with Crippen LogP contribution in [0.3, 0.4) is 0 Å². The van der Waals surface area contributed by atoms with Crippen LogP contribution in [0.15, 0.2) is 36.5 Å². The molecular weight excluding hydrogens is 1090 g/mol. The van der Waals surface area contributed by atoms with Crippen molar-refractivity contribution in [3.05, 3.63) is 36.5 Å². The molecule has 0 aromatic rings. The minimum absolute atomic E-state index is 0.129. The zero-order chi connectivity index (χ0) is 63.1. The number of carbonyl (C=O) groups is 2. The Balaban J connectivity index is 2.49. The molecule has 1 fully saturated rings. The van der Waals surface area contributed by atoms with Crippen molar-refractivity contribution >= 4 is 11.9 Å². The predicted molar refractivity (Wildman–Crippen MR) is 366 cm³/mol. The highest BCUT2D eigenvalue weighted by atomic mass is 16.7. The maximum absolute atomic E-state index is 13.5. The molecule has 0 aromatic carbocycles. The predicted octanol–water partition coefficient (Wildman–Crippen LogP) is 19.7. The molecule has 1 aliphatic heterocycles. The van der Waals surface area contributed by atoms with Gasteiger partial charge >= 0.3 is 5.97 Å². The Morgan fingerprint density at radius 3 is 1.20 bits per heavy atom. The molecule has 1 saturated heterocycles. The Kier molecular flexibility index (Phi) is 61.0. The van der Waals surface area contributed by atoms with E-state index in [4.69, 9.17) is 14.2 Å². The largest absolute Gasteiger partial charge is 0.454 e. The van der Waals surface area contributed by atoms with E-state index in [0.717, 1.165) is 70.6 Å². The van der Waals surface area contributed by atoms with Gasteiger partial charge < -0.3 is 45.1 Å². The van der Waals surface area contributed by atoms with Crippen molar-refractivity contribution in [3.8, 4) is 0 Å². The summed E-state index contributed by atoms with van der Waals surface area (Å²) >= 11 is 0. The van der Waals surface area contributed by atoms with Gasteiger partial charge in [0.25, 0.3) is 0 Å². The summed E-state index contributed by atoms with van der Waals surface area (Å²) in [4.78, 5) is 26.7. The van der Waals surface area contributed by atoms with E-state index in [1.807, 2.05) is 6.08 Å². The molecule has 6 N–H and O–H groups in total. The number of nitrogens with one attached hydrogen (secondary N) is 1. The monoisotopic (exact) mass is 1230 g/mol. The molecule has 0 aromatic heterocycles. The Hall–Kier alpha value is -2.12.